The summed E-state index contributed by atoms with van der Waals surface area (Å²) in [5.41, 5.74) is 6.46. The third kappa shape index (κ3) is 9.04. The van der Waals surface area contributed by atoms with Gasteiger partial charge < -0.3 is 46.4 Å². The molecule has 0 fully saturated rings. The van der Waals surface area contributed by atoms with Gasteiger partial charge in [-0.2, -0.15) is 0 Å². The molecule has 0 radical (unpaired) electrons. The number of hydrogen-bond acceptors (Lipinski definition) is 10. The highest BCUT2D eigenvalue weighted by Crippen LogP contribution is 2.01. The van der Waals surface area contributed by atoms with E-state index in [4.69, 9.17) is 46.4 Å². The van der Waals surface area contributed by atoms with E-state index in [1.165, 1.54) is 12.1 Å². The monoisotopic (exact) mass is 389 g/mol. The van der Waals surface area contributed by atoms with E-state index in [1.54, 1.807) is 12.1 Å². The lowest BCUT2D eigenvalue weighted by Crippen LogP contribution is -2.44. The van der Waals surface area contributed by atoms with Gasteiger partial charge in [-0.1, -0.05) is 24.3 Å². The molecule has 0 amide bonds. The molecule has 0 aromatic heterocycles. The van der Waals surface area contributed by atoms with Gasteiger partial charge in [-0.15, -0.1) is 0 Å². The molecule has 1 aromatic rings. The molecule has 0 aliphatic carbocycles. The van der Waals surface area contributed by atoms with Crippen molar-refractivity contribution in [3.05, 3.63) is 29.8 Å². The van der Waals surface area contributed by atoms with E-state index in [2.05, 4.69) is 0 Å². The molecule has 11 nitrogen and oxygen atoms in total. The van der Waals surface area contributed by atoms with Gasteiger partial charge in [-0.25, -0.2) is 0 Å². The molecule has 1 rings (SSSR count). The zero-order valence-corrected chi connectivity index (χ0v) is 14.3. The van der Waals surface area contributed by atoms with Crippen LogP contribution in [-0.2, 0) is 16.0 Å². The van der Waals surface area contributed by atoms with E-state index in [0.29, 0.717) is 5.46 Å². The Morgan fingerprint density at radius 3 is 1.93 bits per heavy atom. The number of rotatable bonds is 9. The van der Waals surface area contributed by atoms with Crippen molar-refractivity contribution in [1.29, 1.82) is 0 Å². The van der Waals surface area contributed by atoms with Crippen LogP contribution in [0.15, 0.2) is 24.3 Å². The highest BCUT2D eigenvalue weighted by atomic mass is 16.4. The van der Waals surface area contributed by atoms with E-state index in [9.17, 15) is 9.59 Å². The molecule has 0 spiro atoms. The van der Waals surface area contributed by atoms with Gasteiger partial charge in [-0.3, -0.25) is 9.59 Å². The molecular weight excluding hydrogens is 365 g/mol. The number of benzene rings is 1. The Bertz CT molecular complexity index is 582. The van der Waals surface area contributed by atoms with Crippen LogP contribution in [-0.4, -0.2) is 97.1 Å². The normalized spacial score (nSPS) is 15.0. The summed E-state index contributed by atoms with van der Waals surface area (Å²) in [6.45, 7) is -1.69. The molecule has 0 unspecified atom stereocenters. The van der Waals surface area contributed by atoms with Crippen molar-refractivity contribution in [3.63, 3.8) is 0 Å². The fraction of sp³-hybridized carbons (Fsp3) is 0.467. The maximum absolute atomic E-state index is 10.5. The van der Waals surface area contributed by atoms with Crippen LogP contribution in [0, 0.1) is 0 Å². The second kappa shape index (κ2) is 12.5. The fourth-order valence-corrected chi connectivity index (χ4v) is 1.77. The van der Waals surface area contributed by atoms with Crippen molar-refractivity contribution >= 4 is 24.3 Å². The quantitative estimate of drug-likeness (QED) is 0.182. The van der Waals surface area contributed by atoms with Crippen LogP contribution >= 0.6 is 0 Å². The molecule has 0 heterocycles. The molecule has 152 valence electrons. The molecule has 0 aliphatic rings. The summed E-state index contributed by atoms with van der Waals surface area (Å²) in [5.74, 6) is -2.06. The van der Waals surface area contributed by atoms with Gasteiger partial charge >= 0.3 is 13.1 Å². The number of nitrogens with two attached hydrogens (primary N) is 1. The number of carboxylic acid groups (broad SMARTS) is 1. The first-order valence-corrected chi connectivity index (χ1v) is 7.77. The van der Waals surface area contributed by atoms with Gasteiger partial charge in [0, 0.05) is 0 Å². The van der Waals surface area contributed by atoms with E-state index in [1.807, 2.05) is 0 Å². The largest absolute Gasteiger partial charge is 0.488 e. The average molecular weight is 389 g/mol. The standard InChI is InChI=1S/C9H12BNO4.C6H12O6/c11-8(9(12)13)5-6-1-3-7(4-2-6)10(14)15;7-1-3(9)5(11)6(12)4(10)2-8/h1-4,8,14-15H,5,11H2,(H,12,13);3,5-9,11-12H,1-2H2/t8-;3-,5+,6+/m01/s1. The Balaban J connectivity index is 0.000000516. The second-order valence-corrected chi connectivity index (χ2v) is 5.57. The van der Waals surface area contributed by atoms with Crippen molar-refractivity contribution in [2.75, 3.05) is 13.2 Å². The lowest BCUT2D eigenvalue weighted by atomic mass is 9.80. The predicted molar refractivity (Wildman–Crippen MR) is 92.8 cm³/mol. The Morgan fingerprint density at radius 1 is 1.04 bits per heavy atom. The maximum Gasteiger partial charge on any atom is 0.488 e. The highest BCUT2D eigenvalue weighted by molar-refractivity contribution is 6.58. The number of hydrogen-bond donors (Lipinski definition) is 9. The van der Waals surface area contributed by atoms with Crippen LogP contribution in [0.5, 0.6) is 0 Å². The molecule has 0 saturated heterocycles. The van der Waals surface area contributed by atoms with Crippen LogP contribution < -0.4 is 11.2 Å². The second-order valence-electron chi connectivity index (χ2n) is 5.57. The maximum atomic E-state index is 10.5. The molecular formula is C15H24BNO10. The lowest BCUT2D eigenvalue weighted by Gasteiger charge is -2.19. The van der Waals surface area contributed by atoms with Crippen molar-refractivity contribution in [2.24, 2.45) is 5.73 Å². The average Bonchev–Trinajstić information content (AvgIpc) is 2.66. The number of carboxylic acids is 1. The number of carbonyl (C=O) groups excluding carboxylic acids is 1. The van der Waals surface area contributed by atoms with Crippen LogP contribution in [0.3, 0.4) is 0 Å². The minimum Gasteiger partial charge on any atom is -0.480 e. The smallest absolute Gasteiger partial charge is 0.480 e. The topological polar surface area (TPSA) is 222 Å². The Hall–Kier alpha value is -1.90. The third-order valence-corrected chi connectivity index (χ3v) is 3.44. The summed E-state index contributed by atoms with van der Waals surface area (Å²) in [6.07, 6.45) is -5.00. The molecule has 27 heavy (non-hydrogen) atoms. The summed E-state index contributed by atoms with van der Waals surface area (Å²) in [4.78, 5) is 21.0. The Labute approximate surface area is 155 Å². The van der Waals surface area contributed by atoms with Crippen molar-refractivity contribution in [2.45, 2.75) is 30.8 Å². The summed E-state index contributed by atoms with van der Waals surface area (Å²) in [7, 11) is -1.51. The number of aliphatic carboxylic acids is 1. The number of aliphatic hydroxyl groups excluding tert-OH is 5. The Morgan fingerprint density at radius 2 is 1.56 bits per heavy atom. The first-order chi connectivity index (χ1) is 12.5. The summed E-state index contributed by atoms with van der Waals surface area (Å²) >= 11 is 0. The van der Waals surface area contributed by atoms with Gasteiger partial charge in [0.2, 0.25) is 0 Å². The SMILES string of the molecule is N[C@@H](Cc1ccc(B(O)O)cc1)C(=O)O.O=C(CO)[C@H](O)[C@@H](O)[C@H](O)CO. The first-order valence-electron chi connectivity index (χ1n) is 7.77. The van der Waals surface area contributed by atoms with Crippen molar-refractivity contribution < 1.29 is 50.3 Å². The van der Waals surface area contributed by atoms with E-state index in [0.717, 1.165) is 5.56 Å². The summed E-state index contributed by atoms with van der Waals surface area (Å²) in [5, 5.41) is 69.3. The predicted octanol–water partition coefficient (Wildman–Crippen LogP) is -5.06. The fourth-order valence-electron chi connectivity index (χ4n) is 1.77. The lowest BCUT2D eigenvalue weighted by molar-refractivity contribution is -0.142. The zero-order valence-electron chi connectivity index (χ0n) is 14.3. The first kappa shape index (κ1) is 25.1. The highest BCUT2D eigenvalue weighted by Gasteiger charge is 2.28. The van der Waals surface area contributed by atoms with E-state index in [-0.39, 0.29) is 6.42 Å². The number of ketones is 1. The van der Waals surface area contributed by atoms with E-state index < -0.39 is 56.4 Å². The number of Topliss-reactive ketones (excluding diaryl/α,β-unsaturated/α-hetero) is 1. The minimum absolute atomic E-state index is 0.219. The minimum atomic E-state index is -1.86. The van der Waals surface area contributed by atoms with Gasteiger partial charge in [0.1, 0.15) is 31.0 Å². The van der Waals surface area contributed by atoms with Crippen molar-refractivity contribution in [1.82, 2.24) is 0 Å². The van der Waals surface area contributed by atoms with Gasteiger partial charge in [0.05, 0.1) is 6.61 Å². The third-order valence-electron chi connectivity index (χ3n) is 3.44. The Kier molecular flexibility index (Phi) is 11.6. The number of aliphatic hydroxyl groups is 5. The molecule has 0 bridgehead atoms. The zero-order chi connectivity index (χ0) is 21.1. The molecule has 1 aromatic carbocycles. The summed E-state index contributed by atoms with van der Waals surface area (Å²) in [6, 6.07) is 5.35. The van der Waals surface area contributed by atoms with Crippen molar-refractivity contribution in [3.8, 4) is 0 Å². The van der Waals surface area contributed by atoms with Crippen LogP contribution in [0.2, 0.25) is 0 Å². The molecule has 0 aliphatic heterocycles. The van der Waals surface area contributed by atoms with Gasteiger partial charge in [0.25, 0.3) is 0 Å². The van der Waals surface area contributed by atoms with Gasteiger partial charge in [-0.05, 0) is 17.4 Å². The van der Waals surface area contributed by atoms with Crippen LogP contribution in [0.25, 0.3) is 0 Å². The molecule has 4 atom stereocenters. The molecule has 12 heteroatoms. The summed E-state index contributed by atoms with van der Waals surface area (Å²) < 4.78 is 0. The van der Waals surface area contributed by atoms with Crippen LogP contribution in [0.1, 0.15) is 5.56 Å². The molecule has 10 N–H and O–H groups in total. The number of carbonyl (C=O) groups is 2. The van der Waals surface area contributed by atoms with Crippen LogP contribution in [0.4, 0.5) is 0 Å². The van der Waals surface area contributed by atoms with E-state index >= 15 is 0 Å². The molecule has 0 saturated carbocycles. The van der Waals surface area contributed by atoms with Gasteiger partial charge in [0.15, 0.2) is 5.78 Å².